The minimum absolute atomic E-state index is 0.614. The molecular weight excluding hydrogens is 1590 g/mol. The van der Waals surface area contributed by atoms with E-state index in [0.717, 1.165) is 83.9 Å². The fraction of sp³-hybridized carbons (Fsp3) is 0. The number of hydrogen-bond donors (Lipinski definition) is 0. The Kier molecular flexibility index (Phi) is 17.3. The zero-order valence-corrected chi connectivity index (χ0v) is 70.0. The molecule has 0 aliphatic rings. The van der Waals surface area contributed by atoms with Crippen molar-refractivity contribution >= 4 is 192 Å². The minimum atomic E-state index is 0.614. The van der Waals surface area contributed by atoms with E-state index in [1.54, 1.807) is 0 Å². The largest absolute Gasteiger partial charge is 0.308 e. The molecule has 126 heavy (non-hydrogen) atoms. The van der Waals surface area contributed by atoms with Crippen LogP contribution < -0.4 is 0 Å². The maximum atomic E-state index is 5.27. The molecule has 27 aromatic rings. The summed E-state index contributed by atoms with van der Waals surface area (Å²) in [6.07, 6.45) is 0. The average Bonchev–Trinajstić information content (AvgIpc) is 1.55. The number of hydrogen-bond acceptors (Lipinski definition) is 9. The van der Waals surface area contributed by atoms with Crippen LogP contribution in [0.25, 0.3) is 244 Å². The average molecular weight is 1660 g/mol. The van der Waals surface area contributed by atoms with Gasteiger partial charge in [0, 0.05) is 112 Å². The van der Waals surface area contributed by atoms with Gasteiger partial charge in [-0.15, -0.1) is 34.0 Å². The lowest BCUT2D eigenvalue weighted by Crippen LogP contribution is -2.06. The first-order valence-corrected chi connectivity index (χ1v) is 44.8. The van der Waals surface area contributed by atoms with E-state index in [2.05, 4.69) is 384 Å². The van der Waals surface area contributed by atoms with Crippen molar-refractivity contribution in [2.45, 2.75) is 0 Å². The highest BCUT2D eigenvalue weighted by molar-refractivity contribution is 7.28. The predicted octanol–water partition coefficient (Wildman–Crippen LogP) is 31.3. The lowest BCUT2D eigenvalue weighted by Gasteiger charge is -2.14. The summed E-state index contributed by atoms with van der Waals surface area (Å²) in [6, 6.07) is 148. The Morgan fingerprint density at radius 1 is 0.175 bits per heavy atom. The molecule has 0 aliphatic heterocycles. The second-order valence-corrected chi connectivity index (χ2v) is 34.9. The first-order chi connectivity index (χ1) is 62.5. The van der Waals surface area contributed by atoms with Crippen molar-refractivity contribution in [3.63, 3.8) is 0 Å². The number of rotatable bonds is 9. The summed E-state index contributed by atoms with van der Waals surface area (Å²) < 4.78 is 14.7. The monoisotopic (exact) mass is 1660 g/mol. The maximum absolute atomic E-state index is 5.27. The number of nitrogens with zero attached hydrogens (tertiary/aromatic N) is 9. The maximum Gasteiger partial charge on any atom is 0.238 e. The van der Waals surface area contributed by atoms with E-state index in [0.29, 0.717) is 23.5 Å². The standard InChI is InChI=1S/C39H24N2S.C38H23N3S.C37H22N4S/c1-3-13-25(14-4-1)32-23-27(24-33(40-32)26-15-5-2-6-16-26)41-34-21-11-9-19-30(34)36-28-17-7-8-18-29(28)37-31-20-10-12-22-35(31)42-39(37)38(36)41;1-3-13-24(14-4-1)30-23-31(25-15-5-2-6-16-25)40-38(39-30)41-32-21-11-9-19-28(32)34-26-17-7-8-18-27(26)35-29-20-10-12-22-33(29)42-37(35)36(34)41;1-3-13-23(14-4-1)35-38-36(24-15-5-2-6-16-24)40-37(39-35)41-29-21-11-9-19-27(29)31-25-17-7-8-18-26(25)32-28-20-10-12-22-30(28)42-34(32)33(31)41/h1-24H;1-23H;1-22H. The molecule has 0 fully saturated rings. The van der Waals surface area contributed by atoms with Crippen molar-refractivity contribution < 1.29 is 0 Å². The molecule has 18 aromatic carbocycles. The molecule has 9 heterocycles. The normalized spacial score (nSPS) is 11.8. The number of benzene rings is 18. The number of pyridine rings is 1. The van der Waals surface area contributed by atoms with Gasteiger partial charge in [-0.1, -0.05) is 364 Å². The van der Waals surface area contributed by atoms with E-state index in [-0.39, 0.29) is 0 Å². The number of fused-ring (bicyclic) bond motifs is 30. The summed E-state index contributed by atoms with van der Waals surface area (Å²) in [5.41, 5.74) is 18.0. The predicted molar refractivity (Wildman–Crippen MR) is 533 cm³/mol. The molecule has 0 atom stereocenters. The van der Waals surface area contributed by atoms with Crippen molar-refractivity contribution in [3.8, 4) is 85.4 Å². The Balaban J connectivity index is 0.000000103. The van der Waals surface area contributed by atoms with Gasteiger partial charge in [-0.05, 0) is 86.9 Å². The van der Waals surface area contributed by atoms with E-state index in [9.17, 15) is 0 Å². The van der Waals surface area contributed by atoms with Gasteiger partial charge in [0.2, 0.25) is 11.9 Å². The smallest absolute Gasteiger partial charge is 0.238 e. The van der Waals surface area contributed by atoms with Gasteiger partial charge < -0.3 is 4.57 Å². The van der Waals surface area contributed by atoms with Crippen LogP contribution in [0.5, 0.6) is 0 Å². The molecule has 0 spiro atoms. The molecule has 588 valence electrons. The molecule has 9 nitrogen and oxygen atoms in total. The van der Waals surface area contributed by atoms with Crippen LogP contribution in [0.4, 0.5) is 0 Å². The van der Waals surface area contributed by atoms with E-state index in [1.165, 1.54) is 136 Å². The zero-order chi connectivity index (χ0) is 82.9. The molecule has 0 unspecified atom stereocenters. The van der Waals surface area contributed by atoms with Crippen molar-refractivity contribution in [1.29, 1.82) is 0 Å². The topological polar surface area (TPSA) is 92.1 Å². The van der Waals surface area contributed by atoms with Crippen molar-refractivity contribution in [1.82, 2.24) is 43.6 Å². The van der Waals surface area contributed by atoms with E-state index < -0.39 is 0 Å². The van der Waals surface area contributed by atoms with Gasteiger partial charge in [0.25, 0.3) is 0 Å². The third-order valence-electron chi connectivity index (χ3n) is 24.6. The number of para-hydroxylation sites is 3. The third kappa shape index (κ3) is 11.9. The van der Waals surface area contributed by atoms with E-state index in [4.69, 9.17) is 29.9 Å². The highest BCUT2D eigenvalue weighted by Gasteiger charge is 2.29. The fourth-order valence-corrected chi connectivity index (χ4v) is 22.9. The molecule has 0 saturated heterocycles. The van der Waals surface area contributed by atoms with Gasteiger partial charge in [-0.25, -0.2) is 19.9 Å². The summed E-state index contributed by atoms with van der Waals surface area (Å²) in [7, 11) is 0. The van der Waals surface area contributed by atoms with Gasteiger partial charge >= 0.3 is 0 Å². The Hall–Kier alpha value is -16.0. The lowest BCUT2D eigenvalue weighted by molar-refractivity contribution is 0.955. The Bertz CT molecular complexity index is 8020. The first-order valence-electron chi connectivity index (χ1n) is 42.3. The summed E-state index contributed by atoms with van der Waals surface area (Å²) >= 11 is 5.59. The fourth-order valence-electron chi connectivity index (χ4n) is 19.2. The van der Waals surface area contributed by atoms with Crippen molar-refractivity contribution in [2.24, 2.45) is 0 Å². The summed E-state index contributed by atoms with van der Waals surface area (Å²) in [5, 5.41) is 22.9. The molecule has 12 heteroatoms. The summed E-state index contributed by atoms with van der Waals surface area (Å²) in [4.78, 5) is 31.0. The van der Waals surface area contributed by atoms with Crippen LogP contribution in [-0.2, 0) is 0 Å². The quantitative estimate of drug-likeness (QED) is 0.143. The summed E-state index contributed by atoms with van der Waals surface area (Å²) in [6.45, 7) is 0. The van der Waals surface area contributed by atoms with Crippen LogP contribution in [0.15, 0.2) is 419 Å². The molecule has 0 aliphatic carbocycles. The van der Waals surface area contributed by atoms with Crippen LogP contribution in [0.2, 0.25) is 0 Å². The Morgan fingerprint density at radius 3 is 0.738 bits per heavy atom. The summed E-state index contributed by atoms with van der Waals surface area (Å²) in [5.74, 6) is 2.59. The lowest BCUT2D eigenvalue weighted by atomic mass is 9.99. The van der Waals surface area contributed by atoms with Crippen LogP contribution in [0.1, 0.15) is 0 Å². The van der Waals surface area contributed by atoms with E-state index >= 15 is 0 Å². The molecule has 0 saturated carbocycles. The van der Waals surface area contributed by atoms with Gasteiger partial charge in [0.15, 0.2) is 11.6 Å². The van der Waals surface area contributed by atoms with Crippen molar-refractivity contribution in [3.05, 3.63) is 419 Å². The highest BCUT2D eigenvalue weighted by atomic mass is 32.1. The molecule has 0 bridgehead atoms. The Labute approximate surface area is 734 Å². The SMILES string of the molecule is c1ccc(-c2cc(-c3ccccc3)nc(-n3c4ccccc4c4c5ccccc5c5c6ccccc6sc5c43)n2)cc1.c1ccc(-c2cc(-n3c4ccccc4c4c5ccccc5c5c6ccccc6sc5c43)cc(-c3ccccc3)n2)cc1.c1ccc(-c2nc(-c3ccccc3)nc(-n3c4ccccc4c4c5ccccc5c5c6ccccc6sc5c43)n2)cc1. The van der Waals surface area contributed by atoms with Gasteiger partial charge in [-0.2, -0.15) is 9.97 Å². The van der Waals surface area contributed by atoms with Crippen LogP contribution in [-0.4, -0.2) is 43.6 Å². The molecule has 0 amide bonds. The minimum Gasteiger partial charge on any atom is -0.308 e. The number of thiophene rings is 3. The highest BCUT2D eigenvalue weighted by Crippen LogP contribution is 2.53. The van der Waals surface area contributed by atoms with Crippen LogP contribution >= 0.6 is 34.0 Å². The second kappa shape index (κ2) is 30.0. The van der Waals surface area contributed by atoms with Crippen LogP contribution in [0, 0.1) is 0 Å². The van der Waals surface area contributed by atoms with Gasteiger partial charge in [0.05, 0.1) is 75.7 Å². The molecule has 27 rings (SSSR count). The first kappa shape index (κ1) is 72.8. The Morgan fingerprint density at radius 2 is 0.413 bits per heavy atom. The van der Waals surface area contributed by atoms with E-state index in [1.807, 2.05) is 82.5 Å². The molecule has 9 aromatic heterocycles. The zero-order valence-electron chi connectivity index (χ0n) is 67.6. The second-order valence-electron chi connectivity index (χ2n) is 31.8. The van der Waals surface area contributed by atoms with Crippen molar-refractivity contribution in [2.75, 3.05) is 0 Å². The number of aromatic nitrogens is 9. The molecule has 0 N–H and O–H groups in total. The van der Waals surface area contributed by atoms with Gasteiger partial charge in [0.1, 0.15) is 0 Å². The molecular formula is C114H69N9S3. The van der Waals surface area contributed by atoms with Gasteiger partial charge in [-0.3, -0.25) is 9.13 Å². The van der Waals surface area contributed by atoms with Crippen LogP contribution in [0.3, 0.4) is 0 Å². The third-order valence-corrected chi connectivity index (χ3v) is 28.1. The molecule has 0 radical (unpaired) electrons.